The first kappa shape index (κ1) is 9.93. The third-order valence-electron chi connectivity index (χ3n) is 2.95. The van der Waals surface area contributed by atoms with E-state index in [2.05, 4.69) is 5.32 Å². The molecule has 0 bridgehead atoms. The fraction of sp³-hybridized carbons (Fsp3) is 0.900. The molecule has 0 aromatic rings. The molecule has 1 amide bonds. The van der Waals surface area contributed by atoms with Crippen molar-refractivity contribution in [3.63, 3.8) is 0 Å². The quantitative estimate of drug-likeness (QED) is 0.708. The van der Waals surface area contributed by atoms with Crippen molar-refractivity contribution >= 4 is 5.91 Å². The number of ether oxygens (including phenoxy) is 1. The van der Waals surface area contributed by atoms with E-state index in [0.29, 0.717) is 25.9 Å². The number of nitrogens with one attached hydrogen (secondary N) is 1. The van der Waals surface area contributed by atoms with E-state index >= 15 is 0 Å². The summed E-state index contributed by atoms with van der Waals surface area (Å²) >= 11 is 0. The fourth-order valence-corrected chi connectivity index (χ4v) is 2.09. The van der Waals surface area contributed by atoms with Crippen molar-refractivity contribution in [2.45, 2.75) is 31.8 Å². The van der Waals surface area contributed by atoms with Crippen molar-refractivity contribution in [1.29, 1.82) is 0 Å². The standard InChI is InChI=1S/C10H18N2O2/c13-10-7-11-8-12(10)5-6-14-9-3-1-2-4-9/h9,11H,1-8H2. The topological polar surface area (TPSA) is 41.6 Å². The second-order valence-corrected chi connectivity index (χ2v) is 4.02. The number of amides is 1. The van der Waals surface area contributed by atoms with E-state index in [4.69, 9.17) is 4.74 Å². The van der Waals surface area contributed by atoms with Crippen molar-refractivity contribution in [3.8, 4) is 0 Å². The minimum absolute atomic E-state index is 0.194. The number of hydrogen-bond donors (Lipinski definition) is 1. The third-order valence-corrected chi connectivity index (χ3v) is 2.95. The molecule has 0 aromatic carbocycles. The maximum atomic E-state index is 11.2. The van der Waals surface area contributed by atoms with Crippen molar-refractivity contribution < 1.29 is 9.53 Å². The Morgan fingerprint density at radius 1 is 1.43 bits per heavy atom. The van der Waals surface area contributed by atoms with Crippen LogP contribution < -0.4 is 5.32 Å². The second kappa shape index (κ2) is 4.75. The largest absolute Gasteiger partial charge is 0.376 e. The van der Waals surface area contributed by atoms with E-state index in [9.17, 15) is 4.79 Å². The number of carbonyl (C=O) groups is 1. The Morgan fingerprint density at radius 2 is 2.21 bits per heavy atom. The predicted molar refractivity (Wildman–Crippen MR) is 52.8 cm³/mol. The summed E-state index contributed by atoms with van der Waals surface area (Å²) in [6, 6.07) is 0. The normalized spacial score (nSPS) is 23.7. The molecule has 4 heteroatoms. The van der Waals surface area contributed by atoms with E-state index < -0.39 is 0 Å². The lowest BCUT2D eigenvalue weighted by atomic mass is 10.3. The molecule has 1 aliphatic heterocycles. The summed E-state index contributed by atoms with van der Waals surface area (Å²) < 4.78 is 5.69. The third kappa shape index (κ3) is 2.45. The molecule has 1 aliphatic carbocycles. The van der Waals surface area contributed by atoms with Gasteiger partial charge in [0, 0.05) is 6.54 Å². The molecule has 0 radical (unpaired) electrons. The van der Waals surface area contributed by atoms with Crippen LogP contribution in [0.5, 0.6) is 0 Å². The summed E-state index contributed by atoms with van der Waals surface area (Å²) in [7, 11) is 0. The van der Waals surface area contributed by atoms with Crippen LogP contribution in [-0.4, -0.2) is 43.3 Å². The van der Waals surface area contributed by atoms with Crippen LogP contribution in [0.4, 0.5) is 0 Å². The zero-order valence-corrected chi connectivity index (χ0v) is 8.50. The average Bonchev–Trinajstić information content (AvgIpc) is 2.78. The smallest absolute Gasteiger partial charge is 0.237 e. The summed E-state index contributed by atoms with van der Waals surface area (Å²) in [5.74, 6) is 0.194. The van der Waals surface area contributed by atoms with Crippen molar-refractivity contribution in [3.05, 3.63) is 0 Å². The molecule has 2 fully saturated rings. The first-order valence-corrected chi connectivity index (χ1v) is 5.46. The molecule has 0 spiro atoms. The first-order valence-electron chi connectivity index (χ1n) is 5.46. The summed E-state index contributed by atoms with van der Waals surface area (Å²) in [6.45, 7) is 2.61. The van der Waals surface area contributed by atoms with Crippen LogP contribution in [0.2, 0.25) is 0 Å². The fourth-order valence-electron chi connectivity index (χ4n) is 2.09. The number of nitrogens with zero attached hydrogens (tertiary/aromatic N) is 1. The molecule has 4 nitrogen and oxygen atoms in total. The highest BCUT2D eigenvalue weighted by Crippen LogP contribution is 2.20. The van der Waals surface area contributed by atoms with E-state index in [1.807, 2.05) is 4.90 Å². The number of hydrogen-bond acceptors (Lipinski definition) is 3. The first-order chi connectivity index (χ1) is 6.86. The number of carbonyl (C=O) groups excluding carboxylic acids is 1. The summed E-state index contributed by atoms with van der Waals surface area (Å²) in [5.41, 5.74) is 0. The van der Waals surface area contributed by atoms with Gasteiger partial charge in [0.1, 0.15) is 0 Å². The Hall–Kier alpha value is -0.610. The molecule has 2 rings (SSSR count). The van der Waals surface area contributed by atoms with Gasteiger partial charge in [-0.15, -0.1) is 0 Å². The van der Waals surface area contributed by atoms with Crippen LogP contribution >= 0.6 is 0 Å². The molecule has 14 heavy (non-hydrogen) atoms. The van der Waals surface area contributed by atoms with Crippen LogP contribution in [0.1, 0.15) is 25.7 Å². The molecule has 80 valence electrons. The van der Waals surface area contributed by atoms with Gasteiger partial charge in [-0.25, -0.2) is 0 Å². The molecule has 1 heterocycles. The van der Waals surface area contributed by atoms with Gasteiger partial charge < -0.3 is 9.64 Å². The zero-order chi connectivity index (χ0) is 9.80. The number of rotatable bonds is 4. The molecular formula is C10H18N2O2. The lowest BCUT2D eigenvalue weighted by molar-refractivity contribution is -0.127. The summed E-state index contributed by atoms with van der Waals surface area (Å²) in [6.07, 6.45) is 5.46. The monoisotopic (exact) mass is 198 g/mol. The molecule has 2 aliphatic rings. The van der Waals surface area contributed by atoms with Gasteiger partial charge in [-0.2, -0.15) is 0 Å². The lowest BCUT2D eigenvalue weighted by Crippen LogP contribution is -2.30. The van der Waals surface area contributed by atoms with E-state index in [-0.39, 0.29) is 5.91 Å². The van der Waals surface area contributed by atoms with Gasteiger partial charge in [0.2, 0.25) is 5.91 Å². The summed E-state index contributed by atoms with van der Waals surface area (Å²) in [4.78, 5) is 13.0. The van der Waals surface area contributed by atoms with Crippen LogP contribution in [0.3, 0.4) is 0 Å². The van der Waals surface area contributed by atoms with Gasteiger partial charge in [0.25, 0.3) is 0 Å². The molecular weight excluding hydrogens is 180 g/mol. The molecule has 1 N–H and O–H groups in total. The van der Waals surface area contributed by atoms with Crippen molar-refractivity contribution in [2.24, 2.45) is 0 Å². The predicted octanol–water partition coefficient (Wildman–Crippen LogP) is 0.335. The van der Waals surface area contributed by atoms with E-state index in [1.165, 1.54) is 25.7 Å². The van der Waals surface area contributed by atoms with E-state index in [0.717, 1.165) is 6.54 Å². The van der Waals surface area contributed by atoms with Crippen molar-refractivity contribution in [2.75, 3.05) is 26.4 Å². The maximum Gasteiger partial charge on any atom is 0.237 e. The van der Waals surface area contributed by atoms with Crippen LogP contribution in [0, 0.1) is 0 Å². The highest BCUT2D eigenvalue weighted by Gasteiger charge is 2.20. The van der Waals surface area contributed by atoms with E-state index in [1.54, 1.807) is 0 Å². The Balaban J connectivity index is 1.60. The van der Waals surface area contributed by atoms with Gasteiger partial charge >= 0.3 is 0 Å². The highest BCUT2D eigenvalue weighted by molar-refractivity contribution is 5.79. The van der Waals surface area contributed by atoms with Crippen molar-refractivity contribution in [1.82, 2.24) is 10.2 Å². The minimum Gasteiger partial charge on any atom is -0.376 e. The lowest BCUT2D eigenvalue weighted by Gasteiger charge is -2.16. The Morgan fingerprint density at radius 3 is 2.86 bits per heavy atom. The summed E-state index contributed by atoms with van der Waals surface area (Å²) in [5, 5.41) is 3.02. The van der Waals surface area contributed by atoms with Crippen LogP contribution in [0.15, 0.2) is 0 Å². The molecule has 0 atom stereocenters. The maximum absolute atomic E-state index is 11.2. The van der Waals surface area contributed by atoms with Gasteiger partial charge in [0.15, 0.2) is 0 Å². The second-order valence-electron chi connectivity index (χ2n) is 4.02. The molecule has 0 unspecified atom stereocenters. The van der Waals surface area contributed by atoms with Gasteiger partial charge in [0.05, 0.1) is 25.9 Å². The van der Waals surface area contributed by atoms with Gasteiger partial charge in [-0.3, -0.25) is 10.1 Å². The molecule has 0 aromatic heterocycles. The highest BCUT2D eigenvalue weighted by atomic mass is 16.5. The van der Waals surface area contributed by atoms with Crippen LogP contribution in [0.25, 0.3) is 0 Å². The SMILES string of the molecule is O=C1CNCN1CCOC1CCCC1. The Bertz CT molecular complexity index is 202. The van der Waals surface area contributed by atoms with Gasteiger partial charge in [-0.05, 0) is 12.8 Å². The minimum atomic E-state index is 0.194. The molecule has 1 saturated carbocycles. The van der Waals surface area contributed by atoms with Gasteiger partial charge in [-0.1, -0.05) is 12.8 Å². The Labute approximate surface area is 84.6 Å². The molecule has 1 saturated heterocycles. The average molecular weight is 198 g/mol. The Kier molecular flexibility index (Phi) is 3.37. The van der Waals surface area contributed by atoms with Crippen LogP contribution in [-0.2, 0) is 9.53 Å². The zero-order valence-electron chi connectivity index (χ0n) is 8.50.